The Hall–Kier alpha value is -1.29. The second-order valence-corrected chi connectivity index (χ2v) is 6.21. The second-order valence-electron chi connectivity index (χ2n) is 4.60. The molecule has 0 aliphatic heterocycles. The first kappa shape index (κ1) is 16.1. The van der Waals surface area contributed by atoms with Gasteiger partial charge in [0.15, 0.2) is 0 Å². The van der Waals surface area contributed by atoms with Crippen LogP contribution in [-0.4, -0.2) is 4.57 Å². The van der Waals surface area contributed by atoms with Crippen LogP contribution in [-0.2, 0) is 13.5 Å². The molecule has 0 amide bonds. The molecule has 0 spiro atoms. The summed E-state index contributed by atoms with van der Waals surface area (Å²) < 4.78 is 2.87. The van der Waals surface area contributed by atoms with E-state index < -0.39 is 0 Å². The summed E-state index contributed by atoms with van der Waals surface area (Å²) in [7, 11) is 2.00. The zero-order chi connectivity index (χ0) is 15.2. The summed E-state index contributed by atoms with van der Waals surface area (Å²) >= 11 is 12.8. The molecule has 1 aromatic heterocycles. The van der Waals surface area contributed by atoms with E-state index in [4.69, 9.17) is 23.8 Å². The first-order valence-electron chi connectivity index (χ1n) is 6.48. The number of aryl methyl sites for hydroxylation is 1. The van der Waals surface area contributed by atoms with Crippen LogP contribution in [0.25, 0.3) is 11.1 Å². The molecule has 0 fully saturated rings. The monoisotopic (exact) mass is 333 g/mol. The Balaban J connectivity index is 2.53. The summed E-state index contributed by atoms with van der Waals surface area (Å²) in [5.41, 5.74) is 4.92. The van der Waals surface area contributed by atoms with Crippen LogP contribution < -0.4 is 0 Å². The predicted octanol–water partition coefficient (Wildman–Crippen LogP) is 5.95. The molecule has 1 aromatic carbocycles. The fourth-order valence-corrected chi connectivity index (χ4v) is 3.26. The van der Waals surface area contributed by atoms with Gasteiger partial charge in [-0.2, -0.15) is 0 Å². The SMILES string of the molecule is C=CCc1cccc(-c2cn(C)cc(SC=CCl)c2=S)c1. The van der Waals surface area contributed by atoms with Crippen molar-refractivity contribution in [1.29, 1.82) is 0 Å². The van der Waals surface area contributed by atoms with Gasteiger partial charge in [0.2, 0.25) is 0 Å². The number of pyridine rings is 1. The van der Waals surface area contributed by atoms with Crippen LogP contribution in [0.15, 0.2) is 65.2 Å². The molecule has 21 heavy (non-hydrogen) atoms. The number of hydrogen-bond acceptors (Lipinski definition) is 2. The largest absolute Gasteiger partial charge is 0.355 e. The lowest BCUT2D eigenvalue weighted by Crippen LogP contribution is -1.94. The zero-order valence-electron chi connectivity index (χ0n) is 11.8. The highest BCUT2D eigenvalue weighted by Crippen LogP contribution is 2.29. The van der Waals surface area contributed by atoms with Crippen LogP contribution in [0.2, 0.25) is 0 Å². The zero-order valence-corrected chi connectivity index (χ0v) is 14.1. The van der Waals surface area contributed by atoms with E-state index >= 15 is 0 Å². The first-order valence-corrected chi connectivity index (χ1v) is 8.20. The molecule has 0 saturated carbocycles. The molecule has 0 N–H and O–H groups in total. The highest BCUT2D eigenvalue weighted by molar-refractivity contribution is 8.02. The van der Waals surface area contributed by atoms with E-state index in [-0.39, 0.29) is 0 Å². The van der Waals surface area contributed by atoms with Gasteiger partial charge in [-0.05, 0) is 23.0 Å². The van der Waals surface area contributed by atoms with E-state index in [9.17, 15) is 0 Å². The van der Waals surface area contributed by atoms with Gasteiger partial charge in [-0.15, -0.1) is 6.58 Å². The molecule has 2 rings (SSSR count). The third-order valence-electron chi connectivity index (χ3n) is 2.99. The summed E-state index contributed by atoms with van der Waals surface area (Å²) in [4.78, 5) is 1.02. The van der Waals surface area contributed by atoms with Crippen molar-refractivity contribution in [1.82, 2.24) is 4.57 Å². The van der Waals surface area contributed by atoms with Crippen molar-refractivity contribution >= 4 is 35.6 Å². The van der Waals surface area contributed by atoms with Gasteiger partial charge in [-0.1, -0.05) is 65.9 Å². The molecule has 2 aromatic rings. The number of nitrogens with zero attached hydrogens (tertiary/aromatic N) is 1. The smallest absolute Gasteiger partial charge is 0.0624 e. The molecule has 0 saturated heterocycles. The molecule has 0 aliphatic carbocycles. The minimum atomic E-state index is 0.851. The Kier molecular flexibility index (Phi) is 5.85. The lowest BCUT2D eigenvalue weighted by atomic mass is 10.0. The average molecular weight is 334 g/mol. The number of benzene rings is 1. The normalized spacial score (nSPS) is 11.0. The molecule has 1 heterocycles. The highest BCUT2D eigenvalue weighted by Gasteiger charge is 2.06. The fraction of sp³-hybridized carbons (Fsp3) is 0.118. The maximum absolute atomic E-state index is 5.62. The molecule has 0 aliphatic rings. The maximum atomic E-state index is 5.62. The van der Waals surface area contributed by atoms with Crippen LogP contribution in [0, 0.1) is 4.51 Å². The van der Waals surface area contributed by atoms with Gasteiger partial charge in [0.05, 0.1) is 4.51 Å². The van der Waals surface area contributed by atoms with Crippen molar-refractivity contribution in [2.24, 2.45) is 7.05 Å². The van der Waals surface area contributed by atoms with Gasteiger partial charge in [-0.3, -0.25) is 0 Å². The summed E-state index contributed by atoms with van der Waals surface area (Å²) in [5, 5.41) is 1.82. The number of rotatable bonds is 5. The lowest BCUT2D eigenvalue weighted by Gasteiger charge is -2.10. The van der Waals surface area contributed by atoms with Crippen molar-refractivity contribution in [2.45, 2.75) is 11.3 Å². The maximum Gasteiger partial charge on any atom is 0.0624 e. The van der Waals surface area contributed by atoms with E-state index in [0.29, 0.717) is 0 Å². The van der Waals surface area contributed by atoms with Crippen LogP contribution in [0.3, 0.4) is 0 Å². The standard InChI is InChI=1S/C17H16ClNS2/c1-3-5-13-6-4-7-14(10-13)15-11-19(2)12-16(17(15)20)21-9-8-18/h3-4,6-12H,1,5H2,2H3. The van der Waals surface area contributed by atoms with Gasteiger partial charge < -0.3 is 4.57 Å². The lowest BCUT2D eigenvalue weighted by molar-refractivity contribution is 0.882. The van der Waals surface area contributed by atoms with Gasteiger partial charge >= 0.3 is 0 Å². The summed E-state index contributed by atoms with van der Waals surface area (Å²) in [6.45, 7) is 3.79. The molecule has 108 valence electrons. The summed E-state index contributed by atoms with van der Waals surface area (Å²) in [6.07, 6.45) is 6.84. The van der Waals surface area contributed by atoms with Crippen LogP contribution in [0.5, 0.6) is 0 Å². The van der Waals surface area contributed by atoms with Gasteiger partial charge in [0, 0.05) is 35.4 Å². The predicted molar refractivity (Wildman–Crippen MR) is 96.4 cm³/mol. The molecule has 0 bridgehead atoms. The van der Waals surface area contributed by atoms with E-state index in [1.807, 2.05) is 29.3 Å². The van der Waals surface area contributed by atoms with Crippen molar-refractivity contribution in [2.75, 3.05) is 0 Å². The van der Waals surface area contributed by atoms with Crippen LogP contribution in [0.1, 0.15) is 5.56 Å². The topological polar surface area (TPSA) is 4.93 Å². The Labute approximate surface area is 140 Å². The number of hydrogen-bond donors (Lipinski definition) is 0. The Bertz CT molecular complexity index is 732. The molecular weight excluding hydrogens is 318 g/mol. The van der Waals surface area contributed by atoms with Crippen molar-refractivity contribution < 1.29 is 0 Å². The Morgan fingerprint density at radius 2 is 2.19 bits per heavy atom. The van der Waals surface area contributed by atoms with E-state index in [2.05, 4.69) is 37.0 Å². The number of halogens is 1. The summed E-state index contributed by atoms with van der Waals surface area (Å²) in [5.74, 6) is 0. The van der Waals surface area contributed by atoms with E-state index in [1.54, 1.807) is 0 Å². The Morgan fingerprint density at radius 1 is 1.38 bits per heavy atom. The second kappa shape index (κ2) is 7.64. The molecule has 0 radical (unpaired) electrons. The van der Waals surface area contributed by atoms with E-state index in [1.165, 1.54) is 22.9 Å². The molecule has 0 unspecified atom stereocenters. The molecule has 1 nitrogen and oxygen atoms in total. The van der Waals surface area contributed by atoms with Crippen LogP contribution >= 0.6 is 35.6 Å². The minimum Gasteiger partial charge on any atom is -0.355 e. The van der Waals surface area contributed by atoms with E-state index in [0.717, 1.165) is 27.0 Å². The first-order chi connectivity index (χ1) is 10.2. The summed E-state index contributed by atoms with van der Waals surface area (Å²) in [6, 6.07) is 8.41. The van der Waals surface area contributed by atoms with Crippen molar-refractivity contribution in [3.05, 3.63) is 70.3 Å². The third kappa shape index (κ3) is 4.10. The number of thioether (sulfide) groups is 1. The molecular formula is C17H16ClNS2. The highest BCUT2D eigenvalue weighted by atomic mass is 35.5. The molecule has 0 atom stereocenters. The number of allylic oxidation sites excluding steroid dienone is 1. The van der Waals surface area contributed by atoms with Crippen molar-refractivity contribution in [3.63, 3.8) is 0 Å². The Morgan fingerprint density at radius 3 is 2.90 bits per heavy atom. The van der Waals surface area contributed by atoms with Gasteiger partial charge in [-0.25, -0.2) is 0 Å². The number of aromatic nitrogens is 1. The van der Waals surface area contributed by atoms with Crippen LogP contribution in [0.4, 0.5) is 0 Å². The van der Waals surface area contributed by atoms with Gasteiger partial charge in [0.1, 0.15) is 0 Å². The average Bonchev–Trinajstić information content (AvgIpc) is 2.48. The van der Waals surface area contributed by atoms with Crippen molar-refractivity contribution in [3.8, 4) is 11.1 Å². The van der Waals surface area contributed by atoms with Gasteiger partial charge in [0.25, 0.3) is 0 Å². The minimum absolute atomic E-state index is 0.851. The molecule has 4 heteroatoms. The third-order valence-corrected chi connectivity index (χ3v) is 4.67. The quantitative estimate of drug-likeness (QED) is 0.378. The fourth-order valence-electron chi connectivity index (χ4n) is 2.10.